The molecule has 0 fully saturated rings. The number of halogens is 1. The summed E-state index contributed by atoms with van der Waals surface area (Å²) in [5, 5.41) is 10.9. The van der Waals surface area contributed by atoms with E-state index in [-0.39, 0.29) is 18.2 Å². The molecule has 0 radical (unpaired) electrons. The van der Waals surface area contributed by atoms with Gasteiger partial charge >= 0.3 is 5.97 Å². The highest BCUT2D eigenvalue weighted by molar-refractivity contribution is 7.20. The van der Waals surface area contributed by atoms with Crippen molar-refractivity contribution in [1.29, 1.82) is 0 Å². The third-order valence-corrected chi connectivity index (χ3v) is 6.44. The van der Waals surface area contributed by atoms with Crippen LogP contribution in [0.4, 0.5) is 5.13 Å². The van der Waals surface area contributed by atoms with Crippen molar-refractivity contribution in [3.05, 3.63) is 62.6 Å². The maximum absolute atomic E-state index is 12.7. The normalized spacial score (nSPS) is 11.0. The maximum Gasteiger partial charge on any atom is 0.357 e. The van der Waals surface area contributed by atoms with Gasteiger partial charge in [0.1, 0.15) is 4.83 Å². The lowest BCUT2D eigenvalue weighted by molar-refractivity contribution is 0.0520. The Kier molecular flexibility index (Phi) is 5.85. The minimum Gasteiger partial charge on any atom is -0.461 e. The van der Waals surface area contributed by atoms with Crippen LogP contribution in [0.15, 0.2) is 35.7 Å². The van der Waals surface area contributed by atoms with Crippen molar-refractivity contribution in [2.24, 2.45) is 0 Å². The summed E-state index contributed by atoms with van der Waals surface area (Å²) in [5.41, 5.74) is 2.11. The minimum absolute atomic E-state index is 0.183. The van der Waals surface area contributed by atoms with Crippen LogP contribution in [0.1, 0.15) is 38.3 Å². The number of carbonyl (C=O) groups is 2. The summed E-state index contributed by atoms with van der Waals surface area (Å²) < 4.78 is 6.81. The molecule has 0 spiro atoms. The summed E-state index contributed by atoms with van der Waals surface area (Å²) >= 11 is 8.50. The lowest BCUT2D eigenvalue weighted by atomic mass is 10.2. The number of rotatable bonds is 6. The first-order chi connectivity index (χ1) is 14.4. The summed E-state index contributed by atoms with van der Waals surface area (Å²) in [6.07, 6.45) is 0. The fourth-order valence-electron chi connectivity index (χ4n) is 2.88. The van der Waals surface area contributed by atoms with E-state index in [9.17, 15) is 9.59 Å². The molecule has 7 nitrogen and oxygen atoms in total. The smallest absolute Gasteiger partial charge is 0.357 e. The number of ether oxygens (including phenoxy) is 1. The van der Waals surface area contributed by atoms with Gasteiger partial charge in [0.25, 0.3) is 5.91 Å². The number of nitrogens with zero attached hydrogens (tertiary/aromatic N) is 3. The quantitative estimate of drug-likeness (QED) is 0.409. The molecular formula is C20H17ClN4O3S2. The molecule has 0 aliphatic heterocycles. The van der Waals surface area contributed by atoms with Crippen LogP contribution in [-0.4, -0.2) is 33.2 Å². The molecule has 0 aliphatic rings. The predicted molar refractivity (Wildman–Crippen MR) is 119 cm³/mol. The van der Waals surface area contributed by atoms with E-state index in [1.807, 2.05) is 41.9 Å². The van der Waals surface area contributed by atoms with Crippen molar-refractivity contribution in [1.82, 2.24) is 14.8 Å². The van der Waals surface area contributed by atoms with Crippen LogP contribution >= 0.6 is 34.3 Å². The first-order valence-corrected chi connectivity index (χ1v) is 11.2. The molecule has 0 saturated carbocycles. The molecule has 0 bridgehead atoms. The number of thiazole rings is 1. The number of anilines is 1. The number of hydrogen-bond acceptors (Lipinski definition) is 7. The van der Waals surface area contributed by atoms with Gasteiger partial charge in [-0.1, -0.05) is 23.7 Å². The zero-order valence-corrected chi connectivity index (χ0v) is 18.5. The van der Waals surface area contributed by atoms with E-state index < -0.39 is 5.97 Å². The Morgan fingerprint density at radius 2 is 2.03 bits per heavy atom. The first kappa shape index (κ1) is 20.5. The van der Waals surface area contributed by atoms with Crippen molar-refractivity contribution in [3.63, 3.8) is 0 Å². The lowest BCUT2D eigenvalue weighted by Crippen LogP contribution is -2.11. The van der Waals surface area contributed by atoms with Crippen LogP contribution in [0.25, 0.3) is 10.2 Å². The van der Waals surface area contributed by atoms with Gasteiger partial charge in [-0.15, -0.1) is 22.7 Å². The molecule has 10 heteroatoms. The highest BCUT2D eigenvalue weighted by Gasteiger charge is 2.19. The standard InChI is InChI=1S/C20H17ClN4O3S2/c1-3-28-19(27)15-10-29-20(22-15)23-17(26)16-8-14-11(2)24-25(18(14)30-16)9-12-4-6-13(21)7-5-12/h4-8,10H,3,9H2,1-2H3,(H,22,23,26). The van der Waals surface area contributed by atoms with Crippen LogP contribution < -0.4 is 5.32 Å². The van der Waals surface area contributed by atoms with Crippen LogP contribution in [0.2, 0.25) is 5.02 Å². The number of hydrogen-bond donors (Lipinski definition) is 1. The average molecular weight is 461 g/mol. The topological polar surface area (TPSA) is 86.1 Å². The van der Waals surface area contributed by atoms with Gasteiger partial charge in [-0.25, -0.2) is 9.78 Å². The molecule has 30 heavy (non-hydrogen) atoms. The molecule has 1 aromatic carbocycles. The molecule has 0 atom stereocenters. The zero-order chi connectivity index (χ0) is 21.3. The lowest BCUT2D eigenvalue weighted by Gasteiger charge is -2.03. The second-order valence-corrected chi connectivity index (χ2v) is 8.74. The van der Waals surface area contributed by atoms with E-state index in [0.717, 1.165) is 21.5 Å². The molecule has 3 aromatic heterocycles. The number of fused-ring (bicyclic) bond motifs is 1. The predicted octanol–water partition coefficient (Wildman–Crippen LogP) is 4.99. The van der Waals surface area contributed by atoms with Crippen LogP contribution in [0, 0.1) is 6.92 Å². The van der Waals surface area contributed by atoms with Crippen molar-refractivity contribution in [3.8, 4) is 0 Å². The average Bonchev–Trinajstić information content (AvgIpc) is 3.42. The number of carbonyl (C=O) groups excluding carboxylic acids is 2. The van der Waals surface area contributed by atoms with E-state index in [1.165, 1.54) is 22.7 Å². The third-order valence-electron chi connectivity index (χ3n) is 4.29. The SMILES string of the molecule is CCOC(=O)c1csc(NC(=O)c2cc3c(C)nn(Cc4ccc(Cl)cc4)c3s2)n1. The molecular weight excluding hydrogens is 444 g/mol. The fourth-order valence-corrected chi connectivity index (χ4v) is 4.74. The number of nitrogens with one attached hydrogen (secondary N) is 1. The Bertz CT molecular complexity index is 1230. The van der Waals surface area contributed by atoms with Crippen molar-refractivity contribution in [2.45, 2.75) is 20.4 Å². The highest BCUT2D eigenvalue weighted by atomic mass is 35.5. The number of amides is 1. The van der Waals surface area contributed by atoms with Crippen LogP contribution in [0.5, 0.6) is 0 Å². The largest absolute Gasteiger partial charge is 0.461 e. The second-order valence-electron chi connectivity index (χ2n) is 6.41. The van der Waals surface area contributed by atoms with Crippen molar-refractivity contribution >= 4 is 61.5 Å². The van der Waals surface area contributed by atoms with Crippen LogP contribution in [-0.2, 0) is 11.3 Å². The van der Waals surface area contributed by atoms with Gasteiger partial charge in [-0.2, -0.15) is 5.10 Å². The summed E-state index contributed by atoms with van der Waals surface area (Å²) in [7, 11) is 0. The summed E-state index contributed by atoms with van der Waals surface area (Å²) in [6.45, 7) is 4.50. The van der Waals surface area contributed by atoms with Gasteiger partial charge in [0.05, 0.1) is 23.7 Å². The number of benzene rings is 1. The van der Waals surface area contributed by atoms with E-state index in [0.29, 0.717) is 21.6 Å². The fraction of sp³-hybridized carbons (Fsp3) is 0.200. The van der Waals surface area contributed by atoms with Gasteiger partial charge in [0, 0.05) is 15.8 Å². The molecule has 0 saturated heterocycles. The van der Waals surface area contributed by atoms with Crippen molar-refractivity contribution in [2.75, 3.05) is 11.9 Å². The molecule has 4 rings (SSSR count). The molecule has 0 unspecified atom stereocenters. The monoisotopic (exact) mass is 460 g/mol. The van der Waals surface area contributed by atoms with E-state index in [1.54, 1.807) is 12.3 Å². The van der Waals surface area contributed by atoms with Crippen LogP contribution in [0.3, 0.4) is 0 Å². The minimum atomic E-state index is -0.506. The number of esters is 1. The van der Waals surface area contributed by atoms with Gasteiger partial charge in [0.2, 0.25) is 0 Å². The van der Waals surface area contributed by atoms with Gasteiger partial charge < -0.3 is 4.74 Å². The Hall–Kier alpha value is -2.75. The molecule has 3 heterocycles. The number of aryl methyl sites for hydroxylation is 1. The maximum atomic E-state index is 12.7. The second kappa shape index (κ2) is 8.55. The first-order valence-electron chi connectivity index (χ1n) is 9.10. The summed E-state index contributed by atoms with van der Waals surface area (Å²) in [4.78, 5) is 30.0. The summed E-state index contributed by atoms with van der Waals surface area (Å²) in [5.74, 6) is -0.785. The molecule has 1 amide bonds. The molecule has 4 aromatic rings. The van der Waals surface area contributed by atoms with Gasteiger partial charge in [-0.05, 0) is 37.6 Å². The van der Waals surface area contributed by atoms with E-state index in [4.69, 9.17) is 16.3 Å². The van der Waals surface area contributed by atoms with Gasteiger partial charge in [0.15, 0.2) is 10.8 Å². The molecule has 154 valence electrons. The molecule has 1 N–H and O–H groups in total. The molecule has 0 aliphatic carbocycles. The third kappa shape index (κ3) is 4.23. The van der Waals surface area contributed by atoms with E-state index in [2.05, 4.69) is 15.4 Å². The Balaban J connectivity index is 1.54. The summed E-state index contributed by atoms with van der Waals surface area (Å²) in [6, 6.07) is 9.43. The number of thiophene rings is 1. The zero-order valence-electron chi connectivity index (χ0n) is 16.1. The van der Waals surface area contributed by atoms with Crippen molar-refractivity contribution < 1.29 is 14.3 Å². The number of aromatic nitrogens is 3. The highest BCUT2D eigenvalue weighted by Crippen LogP contribution is 2.30. The Morgan fingerprint density at radius 1 is 1.27 bits per heavy atom. The van der Waals surface area contributed by atoms with Gasteiger partial charge in [-0.3, -0.25) is 14.8 Å². The Labute approximate surface area is 185 Å². The Morgan fingerprint density at radius 3 is 2.77 bits per heavy atom. The van der Waals surface area contributed by atoms with E-state index >= 15 is 0 Å².